The van der Waals surface area contributed by atoms with Crippen LogP contribution in [0.2, 0.25) is 0 Å². The van der Waals surface area contributed by atoms with Crippen molar-refractivity contribution in [1.29, 1.82) is 0 Å². The molecule has 5 aromatic heterocycles. The number of nitrogens with one attached hydrogen (secondary N) is 3. The number of rotatable bonds is 9. The van der Waals surface area contributed by atoms with Gasteiger partial charge in [-0.05, 0) is 63.4 Å². The molecule has 0 saturated heterocycles. The second-order valence-corrected chi connectivity index (χ2v) is 11.8. The third-order valence-electron chi connectivity index (χ3n) is 7.14. The summed E-state index contributed by atoms with van der Waals surface area (Å²) in [7, 11) is 0. The highest BCUT2D eigenvalue weighted by atomic mass is 32.1. The second kappa shape index (κ2) is 11.5. The number of aryl methyl sites for hydroxylation is 2. The Bertz CT molecular complexity index is 1740. The number of fused-ring (bicyclic) bond motifs is 1. The van der Waals surface area contributed by atoms with Crippen LogP contribution in [0.3, 0.4) is 0 Å². The summed E-state index contributed by atoms with van der Waals surface area (Å²) in [6.07, 6.45) is 11.0. The number of allylic oxidation sites excluding steroid dienone is 4. The van der Waals surface area contributed by atoms with Crippen molar-refractivity contribution in [2.75, 3.05) is 5.32 Å². The maximum Gasteiger partial charge on any atom is 0.116 e. The smallest absolute Gasteiger partial charge is 0.116 e. The van der Waals surface area contributed by atoms with Crippen molar-refractivity contribution in [1.82, 2.24) is 25.1 Å². The first-order valence-corrected chi connectivity index (χ1v) is 14.4. The number of aromatic nitrogens is 5. The number of hydrogen-bond acceptors (Lipinski definition) is 5. The summed E-state index contributed by atoms with van der Waals surface area (Å²) in [5, 5.41) is 12.2. The molecule has 0 aliphatic heterocycles. The minimum absolute atomic E-state index is 0.326. The predicted molar refractivity (Wildman–Crippen MR) is 169 cm³/mol. The molecule has 204 valence electrons. The van der Waals surface area contributed by atoms with Crippen LogP contribution in [0.15, 0.2) is 78.9 Å². The molecule has 0 aromatic carbocycles. The van der Waals surface area contributed by atoms with Crippen LogP contribution in [0.5, 0.6) is 0 Å². The Morgan fingerprint density at radius 1 is 1.10 bits per heavy atom. The van der Waals surface area contributed by atoms with Crippen molar-refractivity contribution in [3.63, 3.8) is 0 Å². The van der Waals surface area contributed by atoms with E-state index in [1.807, 2.05) is 23.7 Å². The van der Waals surface area contributed by atoms with E-state index in [4.69, 9.17) is 10.1 Å². The molecule has 3 N–H and O–H groups in total. The van der Waals surface area contributed by atoms with Gasteiger partial charge in [0.15, 0.2) is 0 Å². The quantitative estimate of drug-likeness (QED) is 0.160. The molecule has 5 aromatic rings. The van der Waals surface area contributed by atoms with E-state index >= 15 is 0 Å². The van der Waals surface area contributed by atoms with Gasteiger partial charge in [-0.3, -0.25) is 15.1 Å². The van der Waals surface area contributed by atoms with Gasteiger partial charge in [-0.15, -0.1) is 11.3 Å². The summed E-state index contributed by atoms with van der Waals surface area (Å²) in [6.45, 7) is 17.0. The molecule has 6 nitrogen and oxygen atoms in total. The zero-order valence-electron chi connectivity index (χ0n) is 24.0. The molecule has 0 radical (unpaired) electrons. The number of aromatic amines is 2. The van der Waals surface area contributed by atoms with Gasteiger partial charge >= 0.3 is 0 Å². The lowest BCUT2D eigenvalue weighted by Gasteiger charge is -2.13. The average molecular weight is 549 g/mol. The van der Waals surface area contributed by atoms with Crippen LogP contribution in [0.25, 0.3) is 39.1 Å². The molecule has 0 atom stereocenters. The van der Waals surface area contributed by atoms with E-state index in [1.54, 1.807) is 6.20 Å². The van der Waals surface area contributed by atoms with Gasteiger partial charge in [0.1, 0.15) is 5.69 Å². The molecule has 0 bridgehead atoms. The van der Waals surface area contributed by atoms with Crippen LogP contribution in [0.1, 0.15) is 55.1 Å². The van der Waals surface area contributed by atoms with E-state index < -0.39 is 0 Å². The van der Waals surface area contributed by atoms with Crippen LogP contribution < -0.4 is 5.32 Å². The highest BCUT2D eigenvalue weighted by molar-refractivity contribution is 7.13. The van der Waals surface area contributed by atoms with Gasteiger partial charge in [-0.2, -0.15) is 5.10 Å². The van der Waals surface area contributed by atoms with Crippen LogP contribution >= 0.6 is 11.3 Å². The van der Waals surface area contributed by atoms with Crippen LogP contribution in [0, 0.1) is 19.8 Å². The maximum atomic E-state index is 4.70. The number of anilines is 1. The van der Waals surface area contributed by atoms with Gasteiger partial charge in [0, 0.05) is 49.4 Å². The number of pyridine rings is 2. The van der Waals surface area contributed by atoms with Gasteiger partial charge in [-0.25, -0.2) is 0 Å². The SMILES string of the molecule is C=C(Nc1cncc(-c2cc3c(-c4cc(/C(=C\C=C(/C)CC)c5ccc(C)s5)c(C)[nH]4)n[nH]c3cn2)c1)C(C)C. The molecule has 0 amide bonds. The average Bonchev–Trinajstić information content (AvgIpc) is 3.67. The van der Waals surface area contributed by atoms with Crippen molar-refractivity contribution < 1.29 is 0 Å². The third-order valence-corrected chi connectivity index (χ3v) is 8.18. The Balaban J connectivity index is 1.54. The largest absolute Gasteiger partial charge is 0.358 e. The zero-order valence-corrected chi connectivity index (χ0v) is 24.8. The lowest BCUT2D eigenvalue weighted by molar-refractivity contribution is 0.778. The van der Waals surface area contributed by atoms with Gasteiger partial charge in [0.05, 0.1) is 35.0 Å². The third kappa shape index (κ3) is 5.70. The molecule has 0 spiro atoms. The summed E-state index contributed by atoms with van der Waals surface area (Å²) < 4.78 is 0. The Kier molecular flexibility index (Phi) is 7.85. The van der Waals surface area contributed by atoms with Crippen molar-refractivity contribution in [2.45, 2.75) is 48.0 Å². The fourth-order valence-electron chi connectivity index (χ4n) is 4.45. The molecule has 0 aliphatic carbocycles. The molecule has 5 heterocycles. The molecular formula is C33H36N6S. The minimum atomic E-state index is 0.326. The van der Waals surface area contributed by atoms with Gasteiger partial charge in [-0.1, -0.05) is 45.1 Å². The minimum Gasteiger partial charge on any atom is -0.358 e. The van der Waals surface area contributed by atoms with E-state index in [2.05, 4.69) is 111 Å². The molecule has 0 fully saturated rings. The number of thiophene rings is 1. The molecule has 7 heteroatoms. The van der Waals surface area contributed by atoms with Crippen molar-refractivity contribution in [3.05, 3.63) is 99.9 Å². The topological polar surface area (TPSA) is 82.3 Å². The predicted octanol–water partition coefficient (Wildman–Crippen LogP) is 9.06. The highest BCUT2D eigenvalue weighted by Gasteiger charge is 2.18. The maximum absolute atomic E-state index is 4.70. The normalized spacial score (nSPS) is 12.5. The molecule has 5 rings (SSSR count). The summed E-state index contributed by atoms with van der Waals surface area (Å²) >= 11 is 1.82. The van der Waals surface area contributed by atoms with E-state index in [-0.39, 0.29) is 0 Å². The molecule has 40 heavy (non-hydrogen) atoms. The Morgan fingerprint density at radius 2 is 1.93 bits per heavy atom. The number of hydrogen-bond donors (Lipinski definition) is 3. The lowest BCUT2D eigenvalue weighted by atomic mass is 10.0. The molecule has 0 unspecified atom stereocenters. The summed E-state index contributed by atoms with van der Waals surface area (Å²) in [5.74, 6) is 0.326. The fourth-order valence-corrected chi connectivity index (χ4v) is 5.36. The van der Waals surface area contributed by atoms with Crippen molar-refractivity contribution >= 4 is 33.5 Å². The van der Waals surface area contributed by atoms with Crippen LogP contribution in [-0.4, -0.2) is 25.1 Å². The van der Waals surface area contributed by atoms with Gasteiger partial charge in [0.2, 0.25) is 0 Å². The fraction of sp³-hybridized carbons (Fsp3) is 0.242. The number of H-pyrrole nitrogens is 2. The Hall–Kier alpha value is -4.23. The van der Waals surface area contributed by atoms with E-state index in [1.165, 1.54) is 26.5 Å². The lowest BCUT2D eigenvalue weighted by Crippen LogP contribution is -2.04. The first-order chi connectivity index (χ1) is 19.2. The van der Waals surface area contributed by atoms with E-state index in [0.717, 1.165) is 57.0 Å². The first kappa shape index (κ1) is 27.3. The molecular weight excluding hydrogens is 512 g/mol. The highest BCUT2D eigenvalue weighted by Crippen LogP contribution is 2.36. The van der Waals surface area contributed by atoms with Gasteiger partial charge < -0.3 is 10.3 Å². The summed E-state index contributed by atoms with van der Waals surface area (Å²) in [6, 6.07) is 10.7. The molecule has 0 saturated carbocycles. The van der Waals surface area contributed by atoms with Gasteiger partial charge in [0.25, 0.3) is 0 Å². The summed E-state index contributed by atoms with van der Waals surface area (Å²) in [5.41, 5.74) is 11.2. The van der Waals surface area contributed by atoms with E-state index in [9.17, 15) is 0 Å². The van der Waals surface area contributed by atoms with Crippen LogP contribution in [-0.2, 0) is 0 Å². The number of nitrogens with zero attached hydrogens (tertiary/aromatic N) is 3. The van der Waals surface area contributed by atoms with Crippen molar-refractivity contribution in [3.8, 4) is 22.6 Å². The molecule has 0 aliphatic rings. The summed E-state index contributed by atoms with van der Waals surface area (Å²) in [4.78, 5) is 15.3. The standard InChI is InChI=1S/C33H36N6S/c1-8-20(4)9-11-26(32-12-10-21(5)40-32)27-14-30(37-23(27)7)33-28-15-29(35-18-31(28)38-39-33)24-13-25(17-34-16-24)36-22(6)19(2)3/h9-19,36-37H,6,8H2,1-5,7H3,(H,38,39)/b20-9+,26-11+. The Morgan fingerprint density at radius 3 is 2.65 bits per heavy atom. The van der Waals surface area contributed by atoms with Crippen molar-refractivity contribution in [2.24, 2.45) is 5.92 Å². The second-order valence-electron chi connectivity index (χ2n) is 10.5. The van der Waals surface area contributed by atoms with E-state index in [0.29, 0.717) is 5.92 Å². The monoisotopic (exact) mass is 548 g/mol. The Labute approximate surface area is 240 Å². The first-order valence-electron chi connectivity index (χ1n) is 13.6. The zero-order chi connectivity index (χ0) is 28.4. The van der Waals surface area contributed by atoms with Crippen LogP contribution in [0.4, 0.5) is 5.69 Å².